The van der Waals surface area contributed by atoms with E-state index in [2.05, 4.69) is 5.32 Å². The first-order valence-electron chi connectivity index (χ1n) is 8.36. The van der Waals surface area contributed by atoms with Crippen molar-refractivity contribution in [2.45, 2.75) is 39.8 Å². The van der Waals surface area contributed by atoms with Crippen LogP contribution >= 0.6 is 11.6 Å². The Kier molecular flexibility index (Phi) is 5.90. The molecule has 1 fully saturated rings. The van der Waals surface area contributed by atoms with Crippen LogP contribution < -0.4 is 5.32 Å². The molecule has 26 heavy (non-hydrogen) atoms. The molecule has 0 atom stereocenters. The highest BCUT2D eigenvalue weighted by atomic mass is 35.5. The number of likely N-dealkylation sites (tertiary alicyclic amines) is 1. The normalized spacial score (nSPS) is 16.5. The summed E-state index contributed by atoms with van der Waals surface area (Å²) in [6.45, 7) is 6.44. The van der Waals surface area contributed by atoms with Gasteiger partial charge in [-0.3, -0.25) is 9.59 Å². The summed E-state index contributed by atoms with van der Waals surface area (Å²) in [7, 11) is 0. The second-order valence-electron chi connectivity index (χ2n) is 7.50. The minimum Gasteiger partial charge on any atom is -0.342 e. The van der Waals surface area contributed by atoms with Crippen LogP contribution in [0.25, 0.3) is 0 Å². The molecular weight excluding hydrogens is 369 g/mol. The van der Waals surface area contributed by atoms with E-state index in [0.29, 0.717) is 25.9 Å². The summed E-state index contributed by atoms with van der Waals surface area (Å²) in [5.74, 6) is -0.656. The van der Waals surface area contributed by atoms with Gasteiger partial charge in [-0.15, -0.1) is 0 Å². The predicted molar refractivity (Wildman–Crippen MR) is 93.8 cm³/mol. The fourth-order valence-electron chi connectivity index (χ4n) is 2.88. The summed E-state index contributed by atoms with van der Waals surface area (Å²) < 4.78 is 38.7. The van der Waals surface area contributed by atoms with E-state index in [1.165, 1.54) is 6.07 Å². The van der Waals surface area contributed by atoms with Gasteiger partial charge in [-0.2, -0.15) is 13.2 Å². The molecule has 1 aliphatic rings. The van der Waals surface area contributed by atoms with Gasteiger partial charge in [0.15, 0.2) is 0 Å². The topological polar surface area (TPSA) is 49.4 Å². The molecule has 1 heterocycles. The van der Waals surface area contributed by atoms with Crippen molar-refractivity contribution in [1.82, 2.24) is 4.90 Å². The third-order valence-corrected chi connectivity index (χ3v) is 4.66. The van der Waals surface area contributed by atoms with E-state index in [9.17, 15) is 22.8 Å². The number of nitrogens with one attached hydrogen (secondary N) is 1. The van der Waals surface area contributed by atoms with Crippen LogP contribution in [0.4, 0.5) is 18.9 Å². The number of carbonyl (C=O) groups excluding carboxylic acids is 2. The third-order valence-electron chi connectivity index (χ3n) is 4.33. The van der Waals surface area contributed by atoms with Gasteiger partial charge < -0.3 is 10.2 Å². The molecule has 0 aromatic heterocycles. The Labute approximate surface area is 155 Å². The van der Waals surface area contributed by atoms with Crippen LogP contribution in [0.1, 0.15) is 39.2 Å². The summed E-state index contributed by atoms with van der Waals surface area (Å²) in [4.78, 5) is 26.3. The first kappa shape index (κ1) is 20.6. The van der Waals surface area contributed by atoms with Crippen LogP contribution in [-0.4, -0.2) is 29.8 Å². The number of nitrogens with zero attached hydrogens (tertiary/aromatic N) is 1. The molecule has 0 aliphatic carbocycles. The van der Waals surface area contributed by atoms with Gasteiger partial charge in [-0.05, 0) is 31.0 Å². The van der Waals surface area contributed by atoms with E-state index in [4.69, 9.17) is 11.6 Å². The number of carbonyl (C=O) groups is 2. The molecule has 0 saturated carbocycles. The van der Waals surface area contributed by atoms with Crippen LogP contribution in [0.15, 0.2) is 18.2 Å². The third kappa shape index (κ3) is 4.90. The fraction of sp³-hybridized carbons (Fsp3) is 0.556. The van der Waals surface area contributed by atoms with E-state index < -0.39 is 22.2 Å². The number of hydrogen-bond donors (Lipinski definition) is 1. The van der Waals surface area contributed by atoms with Gasteiger partial charge in [0.05, 0.1) is 10.6 Å². The quantitative estimate of drug-likeness (QED) is 0.803. The summed E-state index contributed by atoms with van der Waals surface area (Å²) in [5, 5.41) is 2.11. The number of halogens is 4. The number of benzene rings is 1. The lowest BCUT2D eigenvalue weighted by atomic mass is 9.90. The van der Waals surface area contributed by atoms with Gasteiger partial charge in [0.2, 0.25) is 11.8 Å². The van der Waals surface area contributed by atoms with Crippen LogP contribution in [0.3, 0.4) is 0 Å². The first-order chi connectivity index (χ1) is 11.9. The van der Waals surface area contributed by atoms with E-state index in [0.717, 1.165) is 12.1 Å². The molecule has 4 nitrogen and oxygen atoms in total. The Morgan fingerprint density at radius 1 is 1.15 bits per heavy atom. The van der Waals surface area contributed by atoms with Crippen molar-refractivity contribution in [3.05, 3.63) is 28.8 Å². The SMILES string of the molecule is CC(C)(C)C(=O)N1CCC(C(=O)Nc2ccc(Cl)c(C(F)(F)F)c2)CC1. The molecule has 1 N–H and O–H groups in total. The van der Waals surface area contributed by atoms with E-state index in [1.807, 2.05) is 20.8 Å². The molecule has 0 unspecified atom stereocenters. The average Bonchev–Trinajstić information content (AvgIpc) is 2.54. The Morgan fingerprint density at radius 3 is 2.23 bits per heavy atom. The number of amides is 2. The number of alkyl halides is 3. The Bertz CT molecular complexity index is 691. The van der Waals surface area contributed by atoms with E-state index >= 15 is 0 Å². The lowest BCUT2D eigenvalue weighted by Gasteiger charge is -2.35. The van der Waals surface area contributed by atoms with Crippen LogP contribution in [0, 0.1) is 11.3 Å². The molecule has 8 heteroatoms. The van der Waals surface area contributed by atoms with Crippen molar-refractivity contribution in [2.75, 3.05) is 18.4 Å². The Balaban J connectivity index is 1.99. The molecule has 0 bridgehead atoms. The molecule has 1 aromatic carbocycles. The minimum atomic E-state index is -4.59. The fourth-order valence-corrected chi connectivity index (χ4v) is 3.11. The Morgan fingerprint density at radius 2 is 1.73 bits per heavy atom. The van der Waals surface area contributed by atoms with Crippen molar-refractivity contribution in [3.8, 4) is 0 Å². The zero-order chi connectivity index (χ0) is 19.7. The molecular formula is C18H22ClF3N2O2. The molecule has 1 aromatic rings. The summed E-state index contributed by atoms with van der Waals surface area (Å²) in [6.07, 6.45) is -3.63. The van der Waals surface area contributed by atoms with E-state index in [1.54, 1.807) is 4.90 Å². The molecule has 144 valence electrons. The van der Waals surface area contributed by atoms with Crippen molar-refractivity contribution < 1.29 is 22.8 Å². The maximum atomic E-state index is 12.9. The minimum absolute atomic E-state index is 0.0314. The number of rotatable bonds is 2. The largest absolute Gasteiger partial charge is 0.417 e. The van der Waals surface area contributed by atoms with Crippen molar-refractivity contribution in [2.24, 2.45) is 11.3 Å². The molecule has 1 aliphatic heterocycles. The smallest absolute Gasteiger partial charge is 0.342 e. The van der Waals surface area contributed by atoms with E-state index in [-0.39, 0.29) is 23.4 Å². The molecule has 2 rings (SSSR count). The van der Waals surface area contributed by atoms with Gasteiger partial charge in [0, 0.05) is 30.1 Å². The number of piperidine rings is 1. The van der Waals surface area contributed by atoms with Crippen LogP contribution in [0.2, 0.25) is 5.02 Å². The standard InChI is InChI=1S/C18H22ClF3N2O2/c1-17(2,3)16(26)24-8-6-11(7-9-24)15(25)23-12-4-5-14(19)13(10-12)18(20,21)22/h4-5,10-11H,6-9H2,1-3H3,(H,23,25). The zero-order valence-corrected chi connectivity index (χ0v) is 15.7. The maximum Gasteiger partial charge on any atom is 0.417 e. The lowest BCUT2D eigenvalue weighted by Crippen LogP contribution is -2.45. The predicted octanol–water partition coefficient (Wildman–Crippen LogP) is 4.58. The summed E-state index contributed by atoms with van der Waals surface area (Å²) >= 11 is 5.58. The van der Waals surface area contributed by atoms with Gasteiger partial charge in [0.1, 0.15) is 0 Å². The Hall–Kier alpha value is -1.76. The zero-order valence-electron chi connectivity index (χ0n) is 14.9. The first-order valence-corrected chi connectivity index (χ1v) is 8.74. The van der Waals surface area contributed by atoms with Gasteiger partial charge in [0.25, 0.3) is 0 Å². The second-order valence-corrected chi connectivity index (χ2v) is 7.91. The van der Waals surface area contributed by atoms with Crippen molar-refractivity contribution in [1.29, 1.82) is 0 Å². The number of hydrogen-bond acceptors (Lipinski definition) is 2. The van der Waals surface area contributed by atoms with Crippen LogP contribution in [-0.2, 0) is 15.8 Å². The maximum absolute atomic E-state index is 12.9. The summed E-state index contributed by atoms with van der Waals surface area (Å²) in [5.41, 5.74) is -1.41. The van der Waals surface area contributed by atoms with Crippen molar-refractivity contribution >= 4 is 29.1 Å². The average molecular weight is 391 g/mol. The highest BCUT2D eigenvalue weighted by molar-refractivity contribution is 6.31. The van der Waals surface area contributed by atoms with Crippen LogP contribution in [0.5, 0.6) is 0 Å². The van der Waals surface area contributed by atoms with Gasteiger partial charge in [-0.25, -0.2) is 0 Å². The highest BCUT2D eigenvalue weighted by Crippen LogP contribution is 2.36. The monoisotopic (exact) mass is 390 g/mol. The van der Waals surface area contributed by atoms with Crippen molar-refractivity contribution in [3.63, 3.8) is 0 Å². The molecule has 1 saturated heterocycles. The molecule has 2 amide bonds. The highest BCUT2D eigenvalue weighted by Gasteiger charge is 2.34. The summed E-state index contributed by atoms with van der Waals surface area (Å²) in [6, 6.07) is 3.29. The second kappa shape index (κ2) is 7.47. The molecule has 0 radical (unpaired) electrons. The van der Waals surface area contributed by atoms with Gasteiger partial charge >= 0.3 is 6.18 Å². The van der Waals surface area contributed by atoms with Gasteiger partial charge in [-0.1, -0.05) is 32.4 Å². The number of anilines is 1. The molecule has 0 spiro atoms. The lowest BCUT2D eigenvalue weighted by molar-refractivity contribution is -0.142.